The van der Waals surface area contributed by atoms with E-state index in [2.05, 4.69) is 30.4 Å². The molecule has 0 heterocycles. The fourth-order valence-corrected chi connectivity index (χ4v) is 4.13. The van der Waals surface area contributed by atoms with Crippen molar-refractivity contribution in [3.63, 3.8) is 0 Å². The summed E-state index contributed by atoms with van der Waals surface area (Å²) in [4.78, 5) is 0. The molecule has 2 aliphatic carbocycles. The SMILES string of the molecule is C[C@@H](NC1CC(c2cccc(Cl)c2)C1)C1CCCCC1. The molecule has 0 aliphatic heterocycles. The van der Waals surface area contributed by atoms with Crippen molar-refractivity contribution in [3.05, 3.63) is 34.9 Å². The van der Waals surface area contributed by atoms with E-state index in [9.17, 15) is 0 Å². The van der Waals surface area contributed by atoms with Crippen molar-refractivity contribution in [1.82, 2.24) is 5.32 Å². The third-order valence-corrected chi connectivity index (χ3v) is 5.55. The van der Waals surface area contributed by atoms with Crippen LogP contribution in [0, 0.1) is 5.92 Å². The highest BCUT2D eigenvalue weighted by molar-refractivity contribution is 6.30. The van der Waals surface area contributed by atoms with Crippen molar-refractivity contribution in [3.8, 4) is 0 Å². The zero-order valence-corrected chi connectivity index (χ0v) is 13.2. The first-order chi connectivity index (χ1) is 9.72. The van der Waals surface area contributed by atoms with Gasteiger partial charge in [-0.05, 0) is 62.1 Å². The summed E-state index contributed by atoms with van der Waals surface area (Å²) in [6.07, 6.45) is 9.73. The number of benzene rings is 1. The molecule has 20 heavy (non-hydrogen) atoms. The maximum atomic E-state index is 6.08. The molecule has 1 atom stereocenters. The topological polar surface area (TPSA) is 12.0 Å². The maximum Gasteiger partial charge on any atom is 0.0408 e. The molecule has 0 saturated heterocycles. The highest BCUT2D eigenvalue weighted by Gasteiger charge is 2.32. The van der Waals surface area contributed by atoms with Crippen molar-refractivity contribution in [1.29, 1.82) is 0 Å². The summed E-state index contributed by atoms with van der Waals surface area (Å²) in [6, 6.07) is 9.80. The first-order valence-electron chi connectivity index (χ1n) is 8.24. The summed E-state index contributed by atoms with van der Waals surface area (Å²) in [7, 11) is 0. The predicted molar refractivity (Wildman–Crippen MR) is 86.4 cm³/mol. The molecule has 3 rings (SSSR count). The summed E-state index contributed by atoms with van der Waals surface area (Å²) in [6.45, 7) is 2.39. The van der Waals surface area contributed by atoms with Crippen molar-refractivity contribution < 1.29 is 0 Å². The van der Waals surface area contributed by atoms with Gasteiger partial charge in [0.05, 0.1) is 0 Å². The summed E-state index contributed by atoms with van der Waals surface area (Å²) in [5, 5.41) is 4.74. The van der Waals surface area contributed by atoms with Gasteiger partial charge in [-0.3, -0.25) is 0 Å². The zero-order valence-electron chi connectivity index (χ0n) is 12.4. The normalized spacial score (nSPS) is 28.9. The Kier molecular flexibility index (Phi) is 4.68. The van der Waals surface area contributed by atoms with Crippen molar-refractivity contribution in [2.45, 2.75) is 69.9 Å². The van der Waals surface area contributed by atoms with E-state index >= 15 is 0 Å². The highest BCUT2D eigenvalue weighted by Crippen LogP contribution is 2.38. The first kappa shape index (κ1) is 14.4. The van der Waals surface area contributed by atoms with Crippen LogP contribution in [0.4, 0.5) is 0 Å². The lowest BCUT2D eigenvalue weighted by atomic mass is 9.75. The maximum absolute atomic E-state index is 6.08. The monoisotopic (exact) mass is 291 g/mol. The zero-order chi connectivity index (χ0) is 13.9. The number of halogens is 1. The van der Waals surface area contributed by atoms with Gasteiger partial charge in [0, 0.05) is 17.1 Å². The minimum Gasteiger partial charge on any atom is -0.311 e. The molecule has 2 aliphatic rings. The van der Waals surface area contributed by atoms with E-state index in [4.69, 9.17) is 11.6 Å². The summed E-state index contributed by atoms with van der Waals surface area (Å²) in [5.74, 6) is 1.62. The van der Waals surface area contributed by atoms with Crippen molar-refractivity contribution in [2.24, 2.45) is 5.92 Å². The lowest BCUT2D eigenvalue weighted by Crippen LogP contribution is -2.47. The quantitative estimate of drug-likeness (QED) is 0.809. The van der Waals surface area contributed by atoms with Gasteiger partial charge in [-0.25, -0.2) is 0 Å². The third-order valence-electron chi connectivity index (χ3n) is 5.31. The molecule has 2 fully saturated rings. The largest absolute Gasteiger partial charge is 0.311 e. The van der Waals surface area contributed by atoms with E-state index in [1.807, 2.05) is 6.07 Å². The van der Waals surface area contributed by atoms with Crippen LogP contribution in [0.25, 0.3) is 0 Å². The molecule has 1 aromatic rings. The van der Waals surface area contributed by atoms with Gasteiger partial charge in [-0.1, -0.05) is 43.0 Å². The number of hydrogen-bond acceptors (Lipinski definition) is 1. The van der Waals surface area contributed by atoms with Crippen LogP contribution in [0.15, 0.2) is 24.3 Å². The van der Waals surface area contributed by atoms with Crippen LogP contribution in [0.2, 0.25) is 5.02 Å². The number of nitrogens with one attached hydrogen (secondary N) is 1. The van der Waals surface area contributed by atoms with Gasteiger partial charge in [-0.15, -0.1) is 0 Å². The Morgan fingerprint density at radius 3 is 2.60 bits per heavy atom. The van der Waals surface area contributed by atoms with Gasteiger partial charge < -0.3 is 5.32 Å². The minimum absolute atomic E-state index is 0.695. The molecule has 0 aromatic heterocycles. The fraction of sp³-hybridized carbons (Fsp3) is 0.667. The van der Waals surface area contributed by atoms with Crippen LogP contribution in [-0.4, -0.2) is 12.1 Å². The molecule has 0 bridgehead atoms. The molecular weight excluding hydrogens is 266 g/mol. The molecule has 1 N–H and O–H groups in total. The molecule has 0 spiro atoms. The van der Waals surface area contributed by atoms with Crippen LogP contribution in [0.5, 0.6) is 0 Å². The summed E-state index contributed by atoms with van der Waals surface area (Å²) in [5.41, 5.74) is 1.42. The molecule has 0 unspecified atom stereocenters. The Balaban J connectivity index is 1.46. The van der Waals surface area contributed by atoms with Gasteiger partial charge in [0.1, 0.15) is 0 Å². The van der Waals surface area contributed by atoms with Crippen LogP contribution in [0.1, 0.15) is 63.4 Å². The molecular formula is C18H26ClN. The van der Waals surface area contributed by atoms with Crippen molar-refractivity contribution >= 4 is 11.6 Å². The van der Waals surface area contributed by atoms with Gasteiger partial charge in [0.15, 0.2) is 0 Å². The number of rotatable bonds is 4. The van der Waals surface area contributed by atoms with E-state index in [1.165, 1.54) is 50.5 Å². The molecule has 0 radical (unpaired) electrons. The fourth-order valence-electron chi connectivity index (χ4n) is 3.93. The standard InChI is InChI=1S/C18H26ClN/c1-13(14-6-3-2-4-7-14)20-18-11-16(12-18)15-8-5-9-17(19)10-15/h5,8-10,13-14,16,18,20H,2-4,6-7,11-12H2,1H3/t13-,16?,18?/m1/s1. The van der Waals surface area contributed by atoms with Gasteiger partial charge in [0.25, 0.3) is 0 Å². The average molecular weight is 292 g/mol. The van der Waals surface area contributed by atoms with Crippen LogP contribution in [0.3, 0.4) is 0 Å². The first-order valence-corrected chi connectivity index (χ1v) is 8.61. The highest BCUT2D eigenvalue weighted by atomic mass is 35.5. The lowest BCUT2D eigenvalue weighted by molar-refractivity contribution is 0.211. The Hall–Kier alpha value is -0.530. The van der Waals surface area contributed by atoms with E-state index in [1.54, 1.807) is 0 Å². The van der Waals surface area contributed by atoms with Crippen LogP contribution in [-0.2, 0) is 0 Å². The smallest absolute Gasteiger partial charge is 0.0408 e. The third kappa shape index (κ3) is 3.38. The molecule has 1 aromatic carbocycles. The Morgan fingerprint density at radius 2 is 1.90 bits per heavy atom. The van der Waals surface area contributed by atoms with E-state index in [0.29, 0.717) is 12.0 Å². The van der Waals surface area contributed by atoms with Gasteiger partial charge in [0.2, 0.25) is 0 Å². The lowest BCUT2D eigenvalue weighted by Gasteiger charge is -2.40. The molecule has 1 nitrogen and oxygen atoms in total. The Morgan fingerprint density at radius 1 is 1.15 bits per heavy atom. The molecule has 110 valence electrons. The summed E-state index contributed by atoms with van der Waals surface area (Å²) >= 11 is 6.08. The predicted octanol–water partition coefficient (Wildman–Crippen LogP) is 5.14. The number of hydrogen-bond donors (Lipinski definition) is 1. The van der Waals surface area contributed by atoms with Crippen LogP contribution < -0.4 is 5.32 Å². The van der Waals surface area contributed by atoms with Crippen molar-refractivity contribution in [2.75, 3.05) is 0 Å². The average Bonchev–Trinajstić information content (AvgIpc) is 2.43. The molecule has 2 heteroatoms. The second-order valence-corrected chi connectivity index (χ2v) is 7.21. The van der Waals surface area contributed by atoms with Gasteiger partial charge in [-0.2, -0.15) is 0 Å². The van der Waals surface area contributed by atoms with Crippen LogP contribution >= 0.6 is 11.6 Å². The molecule has 2 saturated carbocycles. The van der Waals surface area contributed by atoms with E-state index < -0.39 is 0 Å². The Labute approximate surface area is 128 Å². The van der Waals surface area contributed by atoms with E-state index in [-0.39, 0.29) is 0 Å². The Bertz CT molecular complexity index is 433. The second-order valence-electron chi connectivity index (χ2n) is 6.77. The van der Waals surface area contributed by atoms with E-state index in [0.717, 1.165) is 17.0 Å². The molecule has 0 amide bonds. The summed E-state index contributed by atoms with van der Waals surface area (Å²) < 4.78 is 0. The second kappa shape index (κ2) is 6.49. The minimum atomic E-state index is 0.695. The van der Waals surface area contributed by atoms with Gasteiger partial charge >= 0.3 is 0 Å².